The number of benzene rings is 1. The lowest BCUT2D eigenvalue weighted by Gasteiger charge is -2.24. The molecular formula is C11H8ClF3N2O. The lowest BCUT2D eigenvalue weighted by Crippen LogP contribution is -2.37. The molecule has 0 fully saturated rings. The van der Waals surface area contributed by atoms with Gasteiger partial charge in [-0.1, -0.05) is 11.6 Å². The summed E-state index contributed by atoms with van der Waals surface area (Å²) in [5.41, 5.74) is -0.678. The fourth-order valence-electron chi connectivity index (χ4n) is 1.54. The number of hydrogen-bond donors (Lipinski definition) is 0. The normalized spacial score (nSPS) is 16.8. The maximum atomic E-state index is 12.5. The van der Waals surface area contributed by atoms with E-state index in [1.807, 2.05) is 0 Å². The van der Waals surface area contributed by atoms with E-state index < -0.39 is 17.8 Å². The van der Waals surface area contributed by atoms with Crippen molar-refractivity contribution in [1.82, 2.24) is 0 Å². The van der Waals surface area contributed by atoms with E-state index in [1.165, 1.54) is 24.3 Å². The largest absolute Gasteiger partial charge is 0.431 e. The van der Waals surface area contributed by atoms with Gasteiger partial charge in [-0.25, -0.2) is 5.01 Å². The fraction of sp³-hybridized carbons (Fsp3) is 0.273. The van der Waals surface area contributed by atoms with Crippen LogP contribution in [0.15, 0.2) is 29.4 Å². The Labute approximate surface area is 106 Å². The van der Waals surface area contributed by atoms with Gasteiger partial charge in [0.15, 0.2) is 0 Å². The average Bonchev–Trinajstić information content (AvgIpc) is 2.29. The Morgan fingerprint density at radius 2 is 1.78 bits per heavy atom. The van der Waals surface area contributed by atoms with Gasteiger partial charge >= 0.3 is 6.18 Å². The summed E-state index contributed by atoms with van der Waals surface area (Å²) >= 11 is 5.67. The summed E-state index contributed by atoms with van der Waals surface area (Å²) in [6.07, 6.45) is -5.10. The highest BCUT2D eigenvalue weighted by molar-refractivity contribution is 6.30. The maximum Gasteiger partial charge on any atom is 0.431 e. The lowest BCUT2D eigenvalue weighted by atomic mass is 10.1. The molecule has 0 N–H and O–H groups in total. The number of rotatable bonds is 1. The molecule has 7 heteroatoms. The molecule has 1 amide bonds. The van der Waals surface area contributed by atoms with Gasteiger partial charge in [-0.3, -0.25) is 4.79 Å². The number of anilines is 1. The summed E-state index contributed by atoms with van der Waals surface area (Å²) in [6, 6.07) is 5.87. The van der Waals surface area contributed by atoms with E-state index in [4.69, 9.17) is 11.6 Å². The number of hydrazone groups is 1. The van der Waals surface area contributed by atoms with Crippen LogP contribution in [0, 0.1) is 0 Å². The number of carbonyl (C=O) groups is 1. The number of hydrogen-bond acceptors (Lipinski definition) is 2. The summed E-state index contributed by atoms with van der Waals surface area (Å²) in [6.45, 7) is 0. The van der Waals surface area contributed by atoms with Crippen molar-refractivity contribution in [2.24, 2.45) is 5.10 Å². The molecule has 0 radical (unpaired) electrons. The zero-order valence-electron chi connectivity index (χ0n) is 9.04. The highest BCUT2D eigenvalue weighted by atomic mass is 35.5. The minimum absolute atomic E-state index is 0.207. The first-order chi connectivity index (χ1) is 8.38. The second kappa shape index (κ2) is 4.61. The van der Waals surface area contributed by atoms with Crippen LogP contribution in [0.3, 0.4) is 0 Å². The summed E-state index contributed by atoms with van der Waals surface area (Å²) in [5.74, 6) is -0.467. The number of carbonyl (C=O) groups excluding carboxylic acids is 1. The van der Waals surface area contributed by atoms with Crippen LogP contribution in [-0.4, -0.2) is 17.8 Å². The standard InChI is InChI=1S/C11H8ClF3N2O/c12-7-1-3-8(4-2-7)17-10(18)6-5-9(16-17)11(13,14)15/h1-4H,5-6H2. The molecule has 0 bridgehead atoms. The second-order valence-electron chi connectivity index (χ2n) is 3.73. The van der Waals surface area contributed by atoms with E-state index in [-0.39, 0.29) is 18.5 Å². The topological polar surface area (TPSA) is 32.7 Å². The van der Waals surface area contributed by atoms with Gasteiger partial charge in [0.2, 0.25) is 5.91 Å². The van der Waals surface area contributed by atoms with Crippen molar-refractivity contribution in [3.63, 3.8) is 0 Å². The Balaban J connectivity index is 2.36. The molecule has 3 nitrogen and oxygen atoms in total. The molecule has 1 aromatic carbocycles. The van der Waals surface area contributed by atoms with Gasteiger partial charge in [0.1, 0.15) is 5.71 Å². The average molecular weight is 277 g/mol. The van der Waals surface area contributed by atoms with E-state index in [9.17, 15) is 18.0 Å². The molecule has 1 heterocycles. The van der Waals surface area contributed by atoms with E-state index in [1.54, 1.807) is 0 Å². The van der Waals surface area contributed by atoms with Gasteiger partial charge in [-0.15, -0.1) is 0 Å². The zero-order chi connectivity index (χ0) is 13.3. The fourth-order valence-corrected chi connectivity index (χ4v) is 1.67. The molecule has 0 unspecified atom stereocenters. The third-order valence-electron chi connectivity index (χ3n) is 2.43. The van der Waals surface area contributed by atoms with Crippen LogP contribution in [-0.2, 0) is 4.79 Å². The smallest absolute Gasteiger partial charge is 0.273 e. The molecule has 1 aliphatic rings. The molecule has 1 aromatic rings. The van der Waals surface area contributed by atoms with Crippen LogP contribution in [0.25, 0.3) is 0 Å². The monoisotopic (exact) mass is 276 g/mol. The number of alkyl halides is 3. The SMILES string of the molecule is O=C1CCC(C(F)(F)F)=NN1c1ccc(Cl)cc1. The van der Waals surface area contributed by atoms with Crippen molar-refractivity contribution in [2.45, 2.75) is 19.0 Å². The van der Waals surface area contributed by atoms with Crippen LogP contribution in [0.4, 0.5) is 18.9 Å². The van der Waals surface area contributed by atoms with Gasteiger partial charge in [0.05, 0.1) is 5.69 Å². The molecule has 0 atom stereocenters. The first kappa shape index (κ1) is 12.9. The molecule has 1 aliphatic heterocycles. The Hall–Kier alpha value is -1.56. The van der Waals surface area contributed by atoms with E-state index in [2.05, 4.69) is 5.10 Å². The summed E-state index contributed by atoms with van der Waals surface area (Å²) in [4.78, 5) is 11.6. The van der Waals surface area contributed by atoms with Crippen LogP contribution < -0.4 is 5.01 Å². The third-order valence-corrected chi connectivity index (χ3v) is 2.68. The van der Waals surface area contributed by atoms with Gasteiger partial charge < -0.3 is 0 Å². The number of amides is 1. The van der Waals surface area contributed by atoms with Crippen LogP contribution in [0.1, 0.15) is 12.8 Å². The molecule has 0 aromatic heterocycles. The van der Waals surface area contributed by atoms with Crippen molar-refractivity contribution >= 4 is 28.9 Å². The second-order valence-corrected chi connectivity index (χ2v) is 4.16. The Kier molecular flexibility index (Phi) is 3.30. The molecule has 0 saturated carbocycles. The van der Waals surface area contributed by atoms with Crippen LogP contribution >= 0.6 is 11.6 Å². The Morgan fingerprint density at radius 1 is 1.17 bits per heavy atom. The predicted octanol–water partition coefficient (Wildman–Crippen LogP) is 3.39. The molecule has 0 spiro atoms. The predicted molar refractivity (Wildman–Crippen MR) is 61.7 cm³/mol. The molecule has 0 aliphatic carbocycles. The van der Waals surface area contributed by atoms with Crippen molar-refractivity contribution < 1.29 is 18.0 Å². The molecule has 0 saturated heterocycles. The number of nitrogens with zero attached hydrogens (tertiary/aromatic N) is 2. The van der Waals surface area contributed by atoms with E-state index in [0.29, 0.717) is 5.02 Å². The highest BCUT2D eigenvalue weighted by Gasteiger charge is 2.39. The highest BCUT2D eigenvalue weighted by Crippen LogP contribution is 2.27. The molecule has 2 rings (SSSR count). The van der Waals surface area contributed by atoms with Crippen LogP contribution in [0.5, 0.6) is 0 Å². The minimum Gasteiger partial charge on any atom is -0.273 e. The summed E-state index contributed by atoms with van der Waals surface area (Å²) in [5, 5.41) is 4.57. The number of halogens is 4. The minimum atomic E-state index is -4.51. The van der Waals surface area contributed by atoms with E-state index in [0.717, 1.165) is 5.01 Å². The molecule has 96 valence electrons. The quantitative estimate of drug-likeness (QED) is 0.774. The van der Waals surface area contributed by atoms with Gasteiger partial charge in [0.25, 0.3) is 0 Å². The summed E-state index contributed by atoms with van der Waals surface area (Å²) < 4.78 is 37.6. The first-order valence-electron chi connectivity index (χ1n) is 5.11. The van der Waals surface area contributed by atoms with Gasteiger partial charge in [0, 0.05) is 17.9 Å². The van der Waals surface area contributed by atoms with Crippen molar-refractivity contribution in [3.05, 3.63) is 29.3 Å². The van der Waals surface area contributed by atoms with Crippen molar-refractivity contribution in [3.8, 4) is 0 Å². The maximum absolute atomic E-state index is 12.5. The lowest BCUT2D eigenvalue weighted by molar-refractivity contribution is -0.119. The first-order valence-corrected chi connectivity index (χ1v) is 5.49. The summed E-state index contributed by atoms with van der Waals surface area (Å²) in [7, 11) is 0. The van der Waals surface area contributed by atoms with Gasteiger partial charge in [-0.2, -0.15) is 18.3 Å². The van der Waals surface area contributed by atoms with E-state index >= 15 is 0 Å². The Morgan fingerprint density at radius 3 is 2.33 bits per heavy atom. The van der Waals surface area contributed by atoms with Gasteiger partial charge in [-0.05, 0) is 24.3 Å². The third kappa shape index (κ3) is 2.64. The Bertz CT molecular complexity index is 496. The van der Waals surface area contributed by atoms with Crippen LogP contribution in [0.2, 0.25) is 5.02 Å². The van der Waals surface area contributed by atoms with Crippen molar-refractivity contribution in [1.29, 1.82) is 0 Å². The van der Waals surface area contributed by atoms with Crippen molar-refractivity contribution in [2.75, 3.05) is 5.01 Å². The zero-order valence-corrected chi connectivity index (χ0v) is 9.79. The molecule has 18 heavy (non-hydrogen) atoms. The molecular weight excluding hydrogens is 269 g/mol.